The Balaban J connectivity index is 2.50. The zero-order valence-electron chi connectivity index (χ0n) is 6.67. The quantitative estimate of drug-likeness (QED) is 0.797. The van der Waals surface area contributed by atoms with Gasteiger partial charge in [-0.3, -0.25) is 0 Å². The van der Waals surface area contributed by atoms with Crippen molar-refractivity contribution in [3.63, 3.8) is 0 Å². The predicted octanol–water partition coefficient (Wildman–Crippen LogP) is 2.73. The van der Waals surface area contributed by atoms with Crippen LogP contribution in [-0.4, -0.2) is 10.2 Å². The summed E-state index contributed by atoms with van der Waals surface area (Å²) in [6.07, 6.45) is 2.30. The van der Waals surface area contributed by atoms with Gasteiger partial charge in [-0.1, -0.05) is 31.6 Å². The van der Waals surface area contributed by atoms with Gasteiger partial charge in [0.2, 0.25) is 0 Å². The Hall–Kier alpha value is 0.290. The number of nitrogens with zero attached hydrogens (tertiary/aromatic N) is 2. The van der Waals surface area contributed by atoms with Crippen molar-refractivity contribution >= 4 is 33.9 Å². The van der Waals surface area contributed by atoms with E-state index in [1.807, 2.05) is 0 Å². The Bertz CT molecular complexity index is 224. The molecular formula is C7H11IN2S. The highest BCUT2D eigenvalue weighted by Crippen LogP contribution is 2.16. The monoisotopic (exact) mass is 282 g/mol. The Morgan fingerprint density at radius 3 is 2.73 bits per heavy atom. The second-order valence-electron chi connectivity index (χ2n) is 2.67. The Kier molecular flexibility index (Phi) is 3.71. The molecule has 1 aromatic heterocycles. The van der Waals surface area contributed by atoms with Crippen LogP contribution in [0.25, 0.3) is 0 Å². The topological polar surface area (TPSA) is 25.8 Å². The van der Waals surface area contributed by atoms with Crippen LogP contribution in [0.4, 0.5) is 0 Å². The molecule has 0 aliphatic carbocycles. The van der Waals surface area contributed by atoms with Gasteiger partial charge in [-0.2, -0.15) is 0 Å². The van der Waals surface area contributed by atoms with Gasteiger partial charge in [0, 0.05) is 6.42 Å². The highest BCUT2D eigenvalue weighted by Gasteiger charge is 2.05. The molecule has 1 atom stereocenters. The number of rotatable bonds is 3. The average molecular weight is 282 g/mol. The number of aromatic nitrogens is 2. The Labute approximate surface area is 84.6 Å². The van der Waals surface area contributed by atoms with Crippen molar-refractivity contribution in [2.75, 3.05) is 0 Å². The van der Waals surface area contributed by atoms with Crippen molar-refractivity contribution in [1.82, 2.24) is 10.2 Å². The van der Waals surface area contributed by atoms with E-state index in [0.717, 1.165) is 15.4 Å². The number of hydrogen-bond donors (Lipinski definition) is 0. The third-order valence-corrected chi connectivity index (χ3v) is 3.27. The Morgan fingerprint density at radius 1 is 1.55 bits per heavy atom. The van der Waals surface area contributed by atoms with Gasteiger partial charge >= 0.3 is 0 Å². The minimum atomic E-state index is 0.735. The number of hydrogen-bond acceptors (Lipinski definition) is 3. The molecule has 0 radical (unpaired) electrons. The molecule has 0 aliphatic heterocycles. The van der Waals surface area contributed by atoms with E-state index in [4.69, 9.17) is 0 Å². The summed E-state index contributed by atoms with van der Waals surface area (Å²) in [5.41, 5.74) is 0. The van der Waals surface area contributed by atoms with Crippen molar-refractivity contribution in [3.8, 4) is 0 Å². The zero-order valence-corrected chi connectivity index (χ0v) is 9.65. The average Bonchev–Trinajstić information content (AvgIpc) is 2.35. The second-order valence-corrected chi connectivity index (χ2v) is 5.48. The molecule has 0 aliphatic rings. The number of halogens is 1. The van der Waals surface area contributed by atoms with E-state index < -0.39 is 0 Å². The van der Waals surface area contributed by atoms with Crippen LogP contribution in [0, 0.1) is 8.93 Å². The van der Waals surface area contributed by atoms with Gasteiger partial charge in [-0.15, -0.1) is 10.2 Å². The molecule has 0 saturated carbocycles. The molecule has 0 amide bonds. The minimum absolute atomic E-state index is 0.735. The van der Waals surface area contributed by atoms with Crippen LogP contribution in [0.15, 0.2) is 0 Å². The molecule has 0 bridgehead atoms. The van der Waals surface area contributed by atoms with E-state index in [0.29, 0.717) is 0 Å². The van der Waals surface area contributed by atoms with Crippen LogP contribution < -0.4 is 0 Å². The van der Waals surface area contributed by atoms with Gasteiger partial charge in [-0.05, 0) is 28.5 Å². The van der Waals surface area contributed by atoms with Crippen molar-refractivity contribution in [3.05, 3.63) is 8.02 Å². The lowest BCUT2D eigenvalue weighted by Crippen LogP contribution is -1.96. The highest BCUT2D eigenvalue weighted by atomic mass is 127. The molecule has 62 valence electrons. The van der Waals surface area contributed by atoms with E-state index in [2.05, 4.69) is 46.6 Å². The molecule has 4 heteroatoms. The van der Waals surface area contributed by atoms with Crippen LogP contribution in [0.3, 0.4) is 0 Å². The van der Waals surface area contributed by atoms with Crippen LogP contribution in [0.5, 0.6) is 0 Å². The summed E-state index contributed by atoms with van der Waals surface area (Å²) in [5.74, 6) is 0.735. The molecule has 1 rings (SSSR count). The molecule has 0 N–H and O–H groups in total. The van der Waals surface area contributed by atoms with E-state index in [1.54, 1.807) is 11.3 Å². The standard InChI is InChI=1S/C7H11IN2S/c1-3-5(2)4-6-9-10-7(8)11-6/h5H,3-4H2,1-2H3. The van der Waals surface area contributed by atoms with E-state index in [1.165, 1.54) is 11.4 Å². The van der Waals surface area contributed by atoms with Crippen LogP contribution in [-0.2, 0) is 6.42 Å². The SMILES string of the molecule is CCC(C)Cc1nnc(I)s1. The first-order chi connectivity index (χ1) is 5.22. The maximum absolute atomic E-state index is 4.06. The third kappa shape index (κ3) is 3.02. The lowest BCUT2D eigenvalue weighted by molar-refractivity contribution is 0.556. The van der Waals surface area contributed by atoms with E-state index in [-0.39, 0.29) is 0 Å². The zero-order chi connectivity index (χ0) is 8.27. The highest BCUT2D eigenvalue weighted by molar-refractivity contribution is 14.1. The van der Waals surface area contributed by atoms with Crippen LogP contribution in [0.2, 0.25) is 0 Å². The molecule has 0 fully saturated rings. The summed E-state index contributed by atoms with van der Waals surface area (Å²) >= 11 is 3.90. The first kappa shape index (κ1) is 9.38. The predicted molar refractivity (Wildman–Crippen MR) is 55.8 cm³/mol. The van der Waals surface area contributed by atoms with Crippen LogP contribution in [0.1, 0.15) is 25.3 Å². The molecule has 2 nitrogen and oxygen atoms in total. The minimum Gasteiger partial charge on any atom is -0.143 e. The molecule has 1 unspecified atom stereocenters. The maximum Gasteiger partial charge on any atom is 0.178 e. The lowest BCUT2D eigenvalue weighted by Gasteiger charge is -2.02. The summed E-state index contributed by atoms with van der Waals surface area (Å²) in [4.78, 5) is 0. The largest absolute Gasteiger partial charge is 0.178 e. The molecule has 0 aromatic carbocycles. The normalized spacial score (nSPS) is 13.4. The maximum atomic E-state index is 4.06. The van der Waals surface area contributed by atoms with Gasteiger partial charge in [0.25, 0.3) is 0 Å². The van der Waals surface area contributed by atoms with Crippen LogP contribution >= 0.6 is 33.9 Å². The fourth-order valence-corrected chi connectivity index (χ4v) is 2.35. The van der Waals surface area contributed by atoms with Gasteiger partial charge in [0.15, 0.2) is 3.01 Å². The van der Waals surface area contributed by atoms with Crippen molar-refractivity contribution in [2.45, 2.75) is 26.7 Å². The summed E-state index contributed by atoms with van der Waals surface area (Å²) in [5, 5.41) is 9.19. The summed E-state index contributed by atoms with van der Waals surface area (Å²) in [6, 6.07) is 0. The summed E-state index contributed by atoms with van der Waals surface area (Å²) in [6.45, 7) is 4.45. The van der Waals surface area contributed by atoms with E-state index in [9.17, 15) is 0 Å². The summed E-state index contributed by atoms with van der Waals surface area (Å²) < 4.78 is 1.04. The van der Waals surface area contributed by atoms with Gasteiger partial charge in [0.1, 0.15) is 5.01 Å². The third-order valence-electron chi connectivity index (χ3n) is 1.66. The molecule has 0 spiro atoms. The van der Waals surface area contributed by atoms with Gasteiger partial charge < -0.3 is 0 Å². The van der Waals surface area contributed by atoms with E-state index >= 15 is 0 Å². The molecule has 11 heavy (non-hydrogen) atoms. The molecule has 0 saturated heterocycles. The molecule has 1 heterocycles. The van der Waals surface area contributed by atoms with Gasteiger partial charge in [-0.25, -0.2) is 0 Å². The van der Waals surface area contributed by atoms with Crippen molar-refractivity contribution in [2.24, 2.45) is 5.92 Å². The van der Waals surface area contributed by atoms with Crippen molar-refractivity contribution in [1.29, 1.82) is 0 Å². The first-order valence-corrected chi connectivity index (χ1v) is 5.59. The van der Waals surface area contributed by atoms with Crippen molar-refractivity contribution < 1.29 is 0 Å². The van der Waals surface area contributed by atoms with Gasteiger partial charge in [0.05, 0.1) is 0 Å². The smallest absolute Gasteiger partial charge is 0.143 e. The lowest BCUT2D eigenvalue weighted by atomic mass is 10.1. The molecule has 1 aromatic rings. The summed E-state index contributed by atoms with van der Waals surface area (Å²) in [7, 11) is 0. The molecular weight excluding hydrogens is 271 g/mol. The first-order valence-electron chi connectivity index (χ1n) is 3.70. The fraction of sp³-hybridized carbons (Fsp3) is 0.714. The second kappa shape index (κ2) is 4.35. The Morgan fingerprint density at radius 2 is 2.27 bits per heavy atom. The fourth-order valence-electron chi connectivity index (χ4n) is 0.758.